The summed E-state index contributed by atoms with van der Waals surface area (Å²) < 4.78 is 17.1. The van der Waals surface area contributed by atoms with Crippen LogP contribution in [0.4, 0.5) is 4.79 Å². The zero-order valence-electron chi connectivity index (χ0n) is 16.0. The fourth-order valence-corrected chi connectivity index (χ4v) is 4.46. The predicted molar refractivity (Wildman–Crippen MR) is 111 cm³/mol. The highest BCUT2D eigenvalue weighted by molar-refractivity contribution is 8.22. The van der Waals surface area contributed by atoms with Crippen molar-refractivity contribution in [3.8, 4) is 0 Å². The average molecular weight is 424 g/mol. The Balaban J connectivity index is 1.71. The molecule has 6 nitrogen and oxygen atoms in total. The van der Waals surface area contributed by atoms with E-state index in [0.29, 0.717) is 10.9 Å². The standard InChI is InChI=1S/C20H25NO5S2/c1-3-24-18(22)17-14-9-10-16(26-20(27)28-2)15(14)11-21(17)19(23)25-12-13-7-5-4-6-8-13/h4-8,14-17H,3,9-12H2,1-2H3/t14-,15-,16?,17-/m0/s1. The molecule has 2 fully saturated rings. The number of esters is 1. The molecule has 152 valence electrons. The molecule has 3 rings (SSSR count). The average Bonchev–Trinajstić information content (AvgIpc) is 3.27. The molecule has 4 atom stereocenters. The molecule has 0 radical (unpaired) electrons. The van der Waals surface area contributed by atoms with Crippen molar-refractivity contribution in [1.82, 2.24) is 4.90 Å². The maximum absolute atomic E-state index is 12.8. The lowest BCUT2D eigenvalue weighted by molar-refractivity contribution is -0.149. The Morgan fingerprint density at radius 1 is 1.18 bits per heavy atom. The SMILES string of the molecule is CCOC(=O)[C@@H]1[C@H]2CCC(OC(=S)SC)[C@H]2CN1C(=O)OCc1ccccc1. The van der Waals surface area contributed by atoms with Crippen molar-refractivity contribution in [2.75, 3.05) is 19.4 Å². The quantitative estimate of drug-likeness (QED) is 0.529. The molecule has 1 unspecified atom stereocenters. The van der Waals surface area contributed by atoms with Gasteiger partial charge in [-0.15, -0.1) is 0 Å². The summed E-state index contributed by atoms with van der Waals surface area (Å²) in [4.78, 5) is 26.9. The first-order chi connectivity index (χ1) is 13.5. The van der Waals surface area contributed by atoms with Crippen molar-refractivity contribution in [1.29, 1.82) is 0 Å². The number of thiocarbonyl (C=S) groups is 1. The van der Waals surface area contributed by atoms with E-state index in [1.165, 1.54) is 16.7 Å². The van der Waals surface area contributed by atoms with Crippen molar-refractivity contribution in [3.05, 3.63) is 35.9 Å². The van der Waals surface area contributed by atoms with Gasteiger partial charge in [-0.2, -0.15) is 0 Å². The van der Waals surface area contributed by atoms with E-state index < -0.39 is 12.1 Å². The number of carbonyl (C=O) groups excluding carboxylic acids is 2. The van der Waals surface area contributed by atoms with Crippen molar-refractivity contribution in [2.24, 2.45) is 11.8 Å². The van der Waals surface area contributed by atoms with Crippen LogP contribution in [0, 0.1) is 11.8 Å². The van der Waals surface area contributed by atoms with E-state index in [4.69, 9.17) is 26.4 Å². The summed E-state index contributed by atoms with van der Waals surface area (Å²) in [5.41, 5.74) is 0.898. The van der Waals surface area contributed by atoms with Gasteiger partial charge in [0.25, 0.3) is 0 Å². The topological polar surface area (TPSA) is 65.1 Å². The number of hydrogen-bond donors (Lipinski definition) is 0. The van der Waals surface area contributed by atoms with Crippen LogP contribution in [0.25, 0.3) is 0 Å². The number of ether oxygens (including phenoxy) is 3. The lowest BCUT2D eigenvalue weighted by atomic mass is 9.93. The molecule has 1 heterocycles. The van der Waals surface area contributed by atoms with Crippen LogP contribution in [0.2, 0.25) is 0 Å². The van der Waals surface area contributed by atoms with Crippen molar-refractivity contribution < 1.29 is 23.8 Å². The first-order valence-electron chi connectivity index (χ1n) is 9.43. The van der Waals surface area contributed by atoms with Gasteiger partial charge in [-0.25, -0.2) is 9.59 Å². The molecule has 0 N–H and O–H groups in total. The van der Waals surface area contributed by atoms with Gasteiger partial charge in [-0.1, -0.05) is 42.1 Å². The summed E-state index contributed by atoms with van der Waals surface area (Å²) in [5, 5.41) is 0. The van der Waals surface area contributed by atoms with Crippen molar-refractivity contribution in [3.63, 3.8) is 0 Å². The second-order valence-corrected chi connectivity index (χ2v) is 8.31. The lowest BCUT2D eigenvalue weighted by Gasteiger charge is -2.25. The van der Waals surface area contributed by atoms with Crippen LogP contribution in [0.3, 0.4) is 0 Å². The molecule has 8 heteroatoms. The Morgan fingerprint density at radius 3 is 2.61 bits per heavy atom. The normalized spacial score (nSPS) is 25.9. The number of nitrogens with zero attached hydrogens (tertiary/aromatic N) is 1. The number of benzene rings is 1. The monoisotopic (exact) mass is 423 g/mol. The third-order valence-electron chi connectivity index (χ3n) is 5.34. The minimum atomic E-state index is -0.635. The highest BCUT2D eigenvalue weighted by Gasteiger charge is 2.55. The van der Waals surface area contributed by atoms with E-state index in [1.807, 2.05) is 36.6 Å². The van der Waals surface area contributed by atoms with Crippen LogP contribution in [0.5, 0.6) is 0 Å². The summed E-state index contributed by atoms with van der Waals surface area (Å²) in [5.74, 6) is -0.332. The summed E-state index contributed by atoms with van der Waals surface area (Å²) in [6, 6.07) is 8.83. The molecule has 1 aliphatic carbocycles. The molecular weight excluding hydrogens is 398 g/mol. The van der Waals surface area contributed by atoms with Gasteiger partial charge < -0.3 is 14.2 Å². The van der Waals surface area contributed by atoms with Gasteiger partial charge in [0.15, 0.2) is 0 Å². The van der Waals surface area contributed by atoms with Crippen molar-refractivity contribution >= 4 is 40.4 Å². The Hall–Kier alpha value is -1.80. The number of hydrogen-bond acceptors (Lipinski definition) is 7. The number of fused-ring (bicyclic) bond motifs is 1. The first-order valence-corrected chi connectivity index (χ1v) is 11.1. The van der Waals surface area contributed by atoms with Crippen LogP contribution in [0.15, 0.2) is 30.3 Å². The van der Waals surface area contributed by atoms with E-state index in [-0.39, 0.29) is 37.1 Å². The minimum absolute atomic E-state index is 0.00187. The molecule has 2 aliphatic rings. The number of thioether (sulfide) groups is 1. The molecule has 1 amide bonds. The van der Waals surface area contributed by atoms with E-state index in [0.717, 1.165) is 18.4 Å². The maximum Gasteiger partial charge on any atom is 0.410 e. The first kappa shape index (κ1) is 20.9. The second kappa shape index (κ2) is 9.60. The largest absolute Gasteiger partial charge is 0.475 e. The summed E-state index contributed by atoms with van der Waals surface area (Å²) in [6.45, 7) is 2.61. The fraction of sp³-hybridized carbons (Fsp3) is 0.550. The molecule has 0 bridgehead atoms. The molecule has 28 heavy (non-hydrogen) atoms. The molecule has 1 aliphatic heterocycles. The number of rotatable bonds is 5. The molecule has 1 aromatic rings. The Morgan fingerprint density at radius 2 is 1.93 bits per heavy atom. The Labute approximate surface area is 174 Å². The van der Waals surface area contributed by atoms with Gasteiger partial charge in [0.1, 0.15) is 18.8 Å². The molecule has 1 saturated carbocycles. The predicted octanol–water partition coefficient (Wildman–Crippen LogP) is 3.63. The molecule has 1 aromatic carbocycles. The number of likely N-dealkylation sites (tertiary alicyclic amines) is 1. The molecule has 1 saturated heterocycles. The van der Waals surface area contributed by atoms with Gasteiger partial charge in [0, 0.05) is 12.5 Å². The van der Waals surface area contributed by atoms with Gasteiger partial charge in [-0.3, -0.25) is 4.90 Å². The van der Waals surface area contributed by atoms with E-state index in [2.05, 4.69) is 0 Å². The lowest BCUT2D eigenvalue weighted by Crippen LogP contribution is -2.44. The van der Waals surface area contributed by atoms with Crippen LogP contribution in [-0.2, 0) is 25.6 Å². The van der Waals surface area contributed by atoms with Crippen LogP contribution in [0.1, 0.15) is 25.3 Å². The van der Waals surface area contributed by atoms with Crippen molar-refractivity contribution in [2.45, 2.75) is 38.5 Å². The Bertz CT molecular complexity index is 714. The summed E-state index contributed by atoms with van der Waals surface area (Å²) in [7, 11) is 0. The maximum atomic E-state index is 12.8. The number of amides is 1. The molecular formula is C20H25NO5S2. The smallest absolute Gasteiger partial charge is 0.410 e. The highest BCUT2D eigenvalue weighted by Crippen LogP contribution is 2.44. The third-order valence-corrected chi connectivity index (χ3v) is 6.37. The highest BCUT2D eigenvalue weighted by atomic mass is 32.2. The summed E-state index contributed by atoms with van der Waals surface area (Å²) in [6.07, 6.45) is 2.89. The zero-order chi connectivity index (χ0) is 20.1. The van der Waals surface area contributed by atoms with Crippen LogP contribution < -0.4 is 0 Å². The fourth-order valence-electron chi connectivity index (χ4n) is 4.12. The van der Waals surface area contributed by atoms with E-state index in [1.54, 1.807) is 6.92 Å². The van der Waals surface area contributed by atoms with Gasteiger partial charge in [0.2, 0.25) is 4.38 Å². The van der Waals surface area contributed by atoms with E-state index >= 15 is 0 Å². The van der Waals surface area contributed by atoms with Crippen LogP contribution in [-0.4, -0.2) is 52.9 Å². The van der Waals surface area contributed by atoms with E-state index in [9.17, 15) is 9.59 Å². The van der Waals surface area contributed by atoms with Gasteiger partial charge in [0.05, 0.1) is 6.61 Å². The minimum Gasteiger partial charge on any atom is -0.475 e. The molecule has 0 spiro atoms. The van der Waals surface area contributed by atoms with Gasteiger partial charge in [-0.05, 0) is 49.7 Å². The molecule has 0 aromatic heterocycles. The third kappa shape index (κ3) is 4.60. The second-order valence-electron chi connectivity index (χ2n) is 6.90. The number of carbonyl (C=O) groups is 2. The van der Waals surface area contributed by atoms with Crippen LogP contribution >= 0.6 is 24.0 Å². The van der Waals surface area contributed by atoms with Gasteiger partial charge >= 0.3 is 12.1 Å². The Kier molecular flexibility index (Phi) is 7.18. The zero-order valence-corrected chi connectivity index (χ0v) is 17.7. The summed E-state index contributed by atoms with van der Waals surface area (Å²) >= 11 is 6.58.